The van der Waals surface area contributed by atoms with Gasteiger partial charge in [-0.2, -0.15) is 0 Å². The first-order valence-corrected chi connectivity index (χ1v) is 7.58. The summed E-state index contributed by atoms with van der Waals surface area (Å²) in [4.78, 5) is 14.3. The fraction of sp³-hybridized carbons (Fsp3) is 0.562. The Labute approximate surface area is 125 Å². The summed E-state index contributed by atoms with van der Waals surface area (Å²) in [5.41, 5.74) is 1.03. The van der Waals surface area contributed by atoms with Gasteiger partial charge in [-0.1, -0.05) is 13.0 Å². The highest BCUT2D eigenvalue weighted by Gasteiger charge is 2.18. The Hall–Kier alpha value is -1.75. The minimum atomic E-state index is 0.0850. The van der Waals surface area contributed by atoms with Gasteiger partial charge in [0, 0.05) is 13.1 Å². The second-order valence-electron chi connectivity index (χ2n) is 5.95. The summed E-state index contributed by atoms with van der Waals surface area (Å²) in [7, 11) is 0. The largest absolute Gasteiger partial charge is 0.454 e. The standard InChI is InChI=1S/C16H22N2O3/c1-12-3-2-6-18(9-12)10-16(19)17-8-13-4-5-14-15(7-13)21-11-20-14/h4-5,7,12H,2-3,6,8-11H2,1H3,(H,17,19). The molecule has 2 aliphatic rings. The number of likely N-dealkylation sites (tertiary alicyclic amines) is 1. The van der Waals surface area contributed by atoms with Gasteiger partial charge in [0.2, 0.25) is 12.7 Å². The predicted molar refractivity (Wildman–Crippen MR) is 79.2 cm³/mol. The molecule has 1 saturated heterocycles. The van der Waals surface area contributed by atoms with E-state index in [-0.39, 0.29) is 12.7 Å². The Kier molecular flexibility index (Phi) is 4.29. The van der Waals surface area contributed by atoms with Crippen LogP contribution >= 0.6 is 0 Å². The molecule has 0 saturated carbocycles. The van der Waals surface area contributed by atoms with Crippen LogP contribution in [0, 0.1) is 5.92 Å². The lowest BCUT2D eigenvalue weighted by atomic mass is 10.0. The molecule has 1 aromatic carbocycles. The van der Waals surface area contributed by atoms with Crippen molar-refractivity contribution in [3.05, 3.63) is 23.8 Å². The van der Waals surface area contributed by atoms with Crippen LogP contribution in [0.15, 0.2) is 18.2 Å². The summed E-state index contributed by atoms with van der Waals surface area (Å²) in [5, 5.41) is 2.98. The van der Waals surface area contributed by atoms with E-state index >= 15 is 0 Å². The third-order valence-electron chi connectivity index (χ3n) is 4.04. The van der Waals surface area contributed by atoms with Crippen molar-refractivity contribution in [1.82, 2.24) is 10.2 Å². The smallest absolute Gasteiger partial charge is 0.234 e. The van der Waals surface area contributed by atoms with E-state index in [1.54, 1.807) is 0 Å². The Bertz CT molecular complexity index is 518. The van der Waals surface area contributed by atoms with E-state index in [0.29, 0.717) is 19.0 Å². The number of carbonyl (C=O) groups excluding carboxylic acids is 1. The third-order valence-corrected chi connectivity index (χ3v) is 4.04. The van der Waals surface area contributed by atoms with E-state index in [0.717, 1.165) is 30.2 Å². The molecule has 2 aliphatic heterocycles. The first-order chi connectivity index (χ1) is 10.2. The number of carbonyl (C=O) groups is 1. The van der Waals surface area contributed by atoms with Crippen molar-refractivity contribution in [2.75, 3.05) is 26.4 Å². The molecule has 5 heteroatoms. The molecule has 2 heterocycles. The Balaban J connectivity index is 1.47. The summed E-state index contributed by atoms with van der Waals surface area (Å²) >= 11 is 0. The number of piperidine rings is 1. The van der Waals surface area contributed by atoms with Crippen molar-refractivity contribution in [3.8, 4) is 11.5 Å². The Morgan fingerprint density at radius 3 is 3.10 bits per heavy atom. The molecule has 114 valence electrons. The monoisotopic (exact) mass is 290 g/mol. The van der Waals surface area contributed by atoms with Crippen LogP contribution in [0.4, 0.5) is 0 Å². The zero-order valence-corrected chi connectivity index (χ0v) is 12.4. The van der Waals surface area contributed by atoms with Crippen LogP contribution < -0.4 is 14.8 Å². The molecular formula is C16H22N2O3. The molecule has 0 spiro atoms. The number of amides is 1. The minimum absolute atomic E-state index is 0.0850. The van der Waals surface area contributed by atoms with Crippen LogP contribution in [0.25, 0.3) is 0 Å². The van der Waals surface area contributed by atoms with Crippen molar-refractivity contribution in [3.63, 3.8) is 0 Å². The third kappa shape index (κ3) is 3.67. The van der Waals surface area contributed by atoms with Crippen LogP contribution in [0.3, 0.4) is 0 Å². The number of ether oxygens (including phenoxy) is 2. The van der Waals surface area contributed by atoms with E-state index in [2.05, 4.69) is 17.1 Å². The van der Waals surface area contributed by atoms with Gasteiger partial charge in [0.05, 0.1) is 6.54 Å². The lowest BCUT2D eigenvalue weighted by molar-refractivity contribution is -0.122. The summed E-state index contributed by atoms with van der Waals surface area (Å²) in [6, 6.07) is 5.76. The number of hydrogen-bond donors (Lipinski definition) is 1. The molecule has 3 rings (SSSR count). The molecule has 1 atom stereocenters. The van der Waals surface area contributed by atoms with E-state index in [4.69, 9.17) is 9.47 Å². The van der Waals surface area contributed by atoms with E-state index in [1.807, 2.05) is 18.2 Å². The molecular weight excluding hydrogens is 268 g/mol. The van der Waals surface area contributed by atoms with Gasteiger partial charge in [-0.3, -0.25) is 9.69 Å². The van der Waals surface area contributed by atoms with Crippen LogP contribution in [0.1, 0.15) is 25.3 Å². The molecule has 1 aromatic rings. The molecule has 0 radical (unpaired) electrons. The lowest BCUT2D eigenvalue weighted by Crippen LogP contribution is -2.41. The van der Waals surface area contributed by atoms with Gasteiger partial charge in [-0.25, -0.2) is 0 Å². The number of benzene rings is 1. The molecule has 21 heavy (non-hydrogen) atoms. The number of nitrogens with one attached hydrogen (secondary N) is 1. The summed E-state index contributed by atoms with van der Waals surface area (Å²) < 4.78 is 10.6. The molecule has 0 aliphatic carbocycles. The number of nitrogens with zero attached hydrogens (tertiary/aromatic N) is 1. The van der Waals surface area contributed by atoms with Gasteiger partial charge in [-0.05, 0) is 43.0 Å². The van der Waals surface area contributed by atoms with Gasteiger partial charge >= 0.3 is 0 Å². The first kappa shape index (κ1) is 14.2. The van der Waals surface area contributed by atoms with Gasteiger partial charge in [0.1, 0.15) is 0 Å². The quantitative estimate of drug-likeness (QED) is 0.918. The zero-order valence-electron chi connectivity index (χ0n) is 12.4. The molecule has 5 nitrogen and oxygen atoms in total. The normalized spacial score (nSPS) is 21.3. The second kappa shape index (κ2) is 6.35. The maximum atomic E-state index is 12.0. The summed E-state index contributed by atoms with van der Waals surface area (Å²) in [6.45, 7) is 5.60. The first-order valence-electron chi connectivity index (χ1n) is 7.58. The summed E-state index contributed by atoms with van der Waals surface area (Å²) in [5.74, 6) is 2.31. The number of rotatable bonds is 4. The van der Waals surface area contributed by atoms with Crippen molar-refractivity contribution < 1.29 is 14.3 Å². The topological polar surface area (TPSA) is 50.8 Å². The average molecular weight is 290 g/mol. The van der Waals surface area contributed by atoms with Crippen LogP contribution in [0.5, 0.6) is 11.5 Å². The molecule has 1 amide bonds. The van der Waals surface area contributed by atoms with Gasteiger partial charge < -0.3 is 14.8 Å². The zero-order chi connectivity index (χ0) is 14.7. The molecule has 1 N–H and O–H groups in total. The van der Waals surface area contributed by atoms with Gasteiger partial charge in [-0.15, -0.1) is 0 Å². The predicted octanol–water partition coefficient (Wildman–Crippen LogP) is 1.76. The van der Waals surface area contributed by atoms with Gasteiger partial charge in [0.25, 0.3) is 0 Å². The highest BCUT2D eigenvalue weighted by molar-refractivity contribution is 5.78. The Morgan fingerprint density at radius 1 is 1.38 bits per heavy atom. The van der Waals surface area contributed by atoms with E-state index < -0.39 is 0 Å². The van der Waals surface area contributed by atoms with Gasteiger partial charge in [0.15, 0.2) is 11.5 Å². The molecule has 0 aromatic heterocycles. The fourth-order valence-electron chi connectivity index (χ4n) is 2.94. The van der Waals surface area contributed by atoms with Crippen molar-refractivity contribution in [2.24, 2.45) is 5.92 Å². The van der Waals surface area contributed by atoms with Crippen molar-refractivity contribution in [1.29, 1.82) is 0 Å². The minimum Gasteiger partial charge on any atom is -0.454 e. The van der Waals surface area contributed by atoms with Crippen molar-refractivity contribution >= 4 is 5.91 Å². The fourth-order valence-corrected chi connectivity index (χ4v) is 2.94. The van der Waals surface area contributed by atoms with Crippen LogP contribution in [0.2, 0.25) is 0 Å². The maximum Gasteiger partial charge on any atom is 0.234 e. The molecule has 1 unspecified atom stereocenters. The lowest BCUT2D eigenvalue weighted by Gasteiger charge is -2.30. The number of fused-ring (bicyclic) bond motifs is 1. The summed E-state index contributed by atoms with van der Waals surface area (Å²) in [6.07, 6.45) is 2.46. The van der Waals surface area contributed by atoms with E-state index in [9.17, 15) is 4.79 Å². The average Bonchev–Trinajstić information content (AvgIpc) is 2.92. The second-order valence-corrected chi connectivity index (χ2v) is 5.95. The highest BCUT2D eigenvalue weighted by atomic mass is 16.7. The van der Waals surface area contributed by atoms with Crippen LogP contribution in [-0.2, 0) is 11.3 Å². The molecule has 0 bridgehead atoms. The maximum absolute atomic E-state index is 12.0. The van der Waals surface area contributed by atoms with Crippen molar-refractivity contribution in [2.45, 2.75) is 26.3 Å². The Morgan fingerprint density at radius 2 is 2.24 bits per heavy atom. The van der Waals surface area contributed by atoms with Crippen LogP contribution in [-0.4, -0.2) is 37.2 Å². The molecule has 1 fully saturated rings. The van der Waals surface area contributed by atoms with E-state index in [1.165, 1.54) is 12.8 Å². The number of hydrogen-bond acceptors (Lipinski definition) is 4. The highest BCUT2D eigenvalue weighted by Crippen LogP contribution is 2.32. The SMILES string of the molecule is CC1CCCN(CC(=O)NCc2ccc3c(c2)OCO3)C1.